The first-order valence-corrected chi connectivity index (χ1v) is 6.22. The largest absolute Gasteiger partial charge is 0.468 e. The van der Waals surface area contributed by atoms with Gasteiger partial charge in [-0.2, -0.15) is 0 Å². The molecule has 3 atom stereocenters. The maximum Gasteiger partial charge on any atom is 0.318 e. The van der Waals surface area contributed by atoms with Crippen molar-refractivity contribution in [1.82, 2.24) is 5.32 Å². The Morgan fingerprint density at radius 3 is 2.95 bits per heavy atom. The van der Waals surface area contributed by atoms with Crippen LogP contribution in [-0.4, -0.2) is 24.7 Å². The Hall–Kier alpha value is -2.04. The monoisotopic (exact) mass is 261 g/mol. The van der Waals surface area contributed by atoms with Crippen LogP contribution in [0.2, 0.25) is 0 Å². The molecule has 0 aromatic heterocycles. The van der Waals surface area contributed by atoms with E-state index in [0.717, 1.165) is 11.3 Å². The van der Waals surface area contributed by atoms with Crippen LogP contribution in [0.3, 0.4) is 0 Å². The van der Waals surface area contributed by atoms with Gasteiger partial charge in [0.1, 0.15) is 11.7 Å². The number of carbonyl (C=O) groups is 2. The Balaban J connectivity index is 2.10. The number of amides is 1. The van der Waals surface area contributed by atoms with E-state index in [9.17, 15) is 9.59 Å². The Labute approximate surface area is 110 Å². The van der Waals surface area contributed by atoms with E-state index >= 15 is 0 Å². The fourth-order valence-electron chi connectivity index (χ4n) is 2.99. The number of fused-ring (bicyclic) bond motifs is 4. The summed E-state index contributed by atoms with van der Waals surface area (Å²) < 4.78 is 10.6. The molecular weight excluding hydrogens is 246 g/mol. The second kappa shape index (κ2) is 3.98. The molecule has 2 aliphatic heterocycles. The van der Waals surface area contributed by atoms with E-state index in [2.05, 4.69) is 5.32 Å². The van der Waals surface area contributed by atoms with Crippen LogP contribution in [0.4, 0.5) is 0 Å². The Morgan fingerprint density at radius 1 is 1.47 bits per heavy atom. The fourth-order valence-corrected chi connectivity index (χ4v) is 2.99. The molecule has 0 unspecified atom stereocenters. The zero-order chi connectivity index (χ0) is 13.6. The Kier molecular flexibility index (Phi) is 2.52. The number of para-hydroxylation sites is 1. The molecule has 2 aliphatic rings. The summed E-state index contributed by atoms with van der Waals surface area (Å²) >= 11 is 0. The highest BCUT2D eigenvalue weighted by molar-refractivity contribution is 6.00. The number of piperidine rings is 1. The normalized spacial score (nSPS) is 31.8. The zero-order valence-electron chi connectivity index (χ0n) is 10.8. The van der Waals surface area contributed by atoms with Crippen molar-refractivity contribution >= 4 is 11.9 Å². The molecule has 100 valence electrons. The molecule has 0 aliphatic carbocycles. The van der Waals surface area contributed by atoms with Crippen molar-refractivity contribution in [2.45, 2.75) is 25.0 Å². The van der Waals surface area contributed by atoms with Gasteiger partial charge in [0.05, 0.1) is 7.11 Å². The maximum absolute atomic E-state index is 12.1. The highest BCUT2D eigenvalue weighted by Gasteiger charge is 2.52. The summed E-state index contributed by atoms with van der Waals surface area (Å²) in [6.45, 7) is 1.82. The number of nitrogens with one attached hydrogen (secondary N) is 1. The first kappa shape index (κ1) is 12.0. The van der Waals surface area contributed by atoms with Crippen LogP contribution >= 0.6 is 0 Å². The van der Waals surface area contributed by atoms with Gasteiger partial charge in [-0.1, -0.05) is 18.2 Å². The molecule has 1 N–H and O–H groups in total. The molecule has 5 heteroatoms. The summed E-state index contributed by atoms with van der Waals surface area (Å²) in [7, 11) is 1.30. The predicted molar refractivity (Wildman–Crippen MR) is 66.5 cm³/mol. The van der Waals surface area contributed by atoms with E-state index in [1.54, 1.807) is 0 Å². The lowest BCUT2D eigenvalue weighted by molar-refractivity contribution is -0.158. The first-order chi connectivity index (χ1) is 9.04. The molecule has 0 spiro atoms. The van der Waals surface area contributed by atoms with E-state index in [0.29, 0.717) is 6.42 Å². The van der Waals surface area contributed by atoms with E-state index in [1.807, 2.05) is 31.2 Å². The second-order valence-corrected chi connectivity index (χ2v) is 5.17. The summed E-state index contributed by atoms with van der Waals surface area (Å²) in [5.74, 6) is -1.12. The third-order valence-electron chi connectivity index (χ3n) is 3.79. The summed E-state index contributed by atoms with van der Waals surface area (Å²) in [6, 6.07) is 7.50. The summed E-state index contributed by atoms with van der Waals surface area (Å²) in [5, 5.41) is 2.77. The number of hydrogen-bond acceptors (Lipinski definition) is 4. The van der Waals surface area contributed by atoms with Gasteiger partial charge in [-0.3, -0.25) is 9.59 Å². The van der Waals surface area contributed by atoms with Crippen molar-refractivity contribution in [3.05, 3.63) is 29.8 Å². The third kappa shape index (κ3) is 1.77. The van der Waals surface area contributed by atoms with Crippen LogP contribution in [0, 0.1) is 5.92 Å². The third-order valence-corrected chi connectivity index (χ3v) is 3.79. The summed E-state index contributed by atoms with van der Waals surface area (Å²) in [4.78, 5) is 24.0. The van der Waals surface area contributed by atoms with Gasteiger partial charge in [-0.15, -0.1) is 0 Å². The van der Waals surface area contributed by atoms with Gasteiger partial charge in [0, 0.05) is 12.3 Å². The van der Waals surface area contributed by atoms with Crippen molar-refractivity contribution in [3.63, 3.8) is 0 Å². The number of esters is 1. The van der Waals surface area contributed by atoms with E-state index in [-0.39, 0.29) is 11.8 Å². The van der Waals surface area contributed by atoms with Gasteiger partial charge < -0.3 is 14.8 Å². The Morgan fingerprint density at radius 2 is 2.21 bits per heavy atom. The quantitative estimate of drug-likeness (QED) is 0.609. The zero-order valence-corrected chi connectivity index (χ0v) is 10.8. The lowest BCUT2D eigenvalue weighted by Gasteiger charge is -2.46. The number of methoxy groups -OCH3 is 1. The van der Waals surface area contributed by atoms with Crippen LogP contribution in [0.25, 0.3) is 0 Å². The van der Waals surface area contributed by atoms with Crippen LogP contribution in [-0.2, 0) is 14.3 Å². The van der Waals surface area contributed by atoms with Gasteiger partial charge in [-0.25, -0.2) is 0 Å². The van der Waals surface area contributed by atoms with Gasteiger partial charge in [-0.05, 0) is 18.6 Å². The van der Waals surface area contributed by atoms with Crippen LogP contribution in [0.5, 0.6) is 5.75 Å². The average molecular weight is 261 g/mol. The number of hydrogen-bond donors (Lipinski definition) is 1. The van der Waals surface area contributed by atoms with E-state index in [1.165, 1.54) is 7.11 Å². The van der Waals surface area contributed by atoms with Crippen LogP contribution in [0.15, 0.2) is 24.3 Å². The second-order valence-electron chi connectivity index (χ2n) is 5.17. The molecule has 1 fully saturated rings. The minimum Gasteiger partial charge on any atom is -0.468 e. The first-order valence-electron chi connectivity index (χ1n) is 6.22. The van der Waals surface area contributed by atoms with Crippen molar-refractivity contribution in [1.29, 1.82) is 0 Å². The van der Waals surface area contributed by atoms with Gasteiger partial charge in [0.25, 0.3) is 0 Å². The van der Waals surface area contributed by atoms with E-state index in [4.69, 9.17) is 9.47 Å². The molecule has 0 saturated carbocycles. The minimum atomic E-state index is -0.803. The molecule has 2 heterocycles. The number of rotatable bonds is 1. The lowest BCUT2D eigenvalue weighted by Crippen LogP contribution is -2.62. The maximum atomic E-state index is 12.1. The number of benzene rings is 1. The standard InChI is InChI=1S/C14H15NO4/c1-14-7-9(8-5-3-4-6-10(8)19-14)11(12(16)15-14)13(17)18-2/h3-6,9,11H,7H2,1-2H3,(H,15,16)/t9-,11+,14+/m0/s1. The predicted octanol–water partition coefficient (Wildman–Crippen LogP) is 1.19. The summed E-state index contributed by atoms with van der Waals surface area (Å²) in [5.41, 5.74) is 0.144. The van der Waals surface area contributed by atoms with Crippen molar-refractivity contribution in [3.8, 4) is 5.75 Å². The molecule has 0 radical (unpaired) electrons. The molecule has 1 aromatic carbocycles. The van der Waals surface area contributed by atoms with Crippen LogP contribution in [0.1, 0.15) is 24.8 Å². The summed E-state index contributed by atoms with van der Waals surface area (Å²) in [6.07, 6.45) is 0.565. The van der Waals surface area contributed by atoms with E-state index < -0.39 is 17.6 Å². The molecule has 2 bridgehead atoms. The minimum absolute atomic E-state index is 0.198. The van der Waals surface area contributed by atoms with Crippen molar-refractivity contribution < 1.29 is 19.1 Å². The average Bonchev–Trinajstić information content (AvgIpc) is 2.37. The fraction of sp³-hybridized carbons (Fsp3) is 0.429. The Bertz CT molecular complexity index is 556. The van der Waals surface area contributed by atoms with Gasteiger partial charge in [0.2, 0.25) is 5.91 Å². The van der Waals surface area contributed by atoms with Gasteiger partial charge in [0.15, 0.2) is 5.72 Å². The molecule has 5 nitrogen and oxygen atoms in total. The smallest absolute Gasteiger partial charge is 0.318 e. The lowest BCUT2D eigenvalue weighted by atomic mass is 9.75. The van der Waals surface area contributed by atoms with Crippen molar-refractivity contribution in [2.24, 2.45) is 5.92 Å². The molecule has 19 heavy (non-hydrogen) atoms. The highest BCUT2D eigenvalue weighted by Crippen LogP contribution is 2.46. The number of carbonyl (C=O) groups excluding carboxylic acids is 2. The number of ether oxygens (including phenoxy) is 2. The molecular formula is C14H15NO4. The topological polar surface area (TPSA) is 64.6 Å². The molecule has 1 amide bonds. The SMILES string of the molecule is COC(=O)[C@H]1C(=O)N[C@@]2(C)C[C@H]1c1ccccc1O2. The molecule has 1 aromatic rings. The van der Waals surface area contributed by atoms with Gasteiger partial charge >= 0.3 is 5.97 Å². The van der Waals surface area contributed by atoms with Crippen molar-refractivity contribution in [2.75, 3.05) is 7.11 Å². The highest BCUT2D eigenvalue weighted by atomic mass is 16.5. The van der Waals surface area contributed by atoms with Crippen LogP contribution < -0.4 is 10.1 Å². The molecule has 3 rings (SSSR count). The molecule has 1 saturated heterocycles.